The van der Waals surface area contributed by atoms with Crippen LogP contribution >= 0.6 is 15.9 Å². The molecule has 0 radical (unpaired) electrons. The molecule has 1 aromatic carbocycles. The Balaban J connectivity index is 2.50. The number of carbonyl (C=O) groups is 1. The Kier molecular flexibility index (Phi) is 2.74. The SMILES string of the molecule is O=C(O)c1ccn(-c2cccc(Br)c2F)n1. The number of halogens is 2. The largest absolute Gasteiger partial charge is 0.476 e. The highest BCUT2D eigenvalue weighted by Crippen LogP contribution is 2.21. The minimum atomic E-state index is -1.14. The topological polar surface area (TPSA) is 55.1 Å². The molecule has 0 amide bonds. The maximum absolute atomic E-state index is 13.6. The van der Waals surface area contributed by atoms with Crippen LogP contribution in [0.15, 0.2) is 34.9 Å². The minimum Gasteiger partial charge on any atom is -0.476 e. The van der Waals surface area contributed by atoms with Crippen molar-refractivity contribution in [2.45, 2.75) is 0 Å². The molecule has 0 saturated heterocycles. The molecule has 6 heteroatoms. The predicted molar refractivity (Wildman–Crippen MR) is 58.2 cm³/mol. The molecule has 0 bridgehead atoms. The molecule has 0 atom stereocenters. The fourth-order valence-corrected chi connectivity index (χ4v) is 1.60. The van der Waals surface area contributed by atoms with Crippen LogP contribution in [0.25, 0.3) is 5.69 Å². The van der Waals surface area contributed by atoms with Gasteiger partial charge in [0, 0.05) is 6.20 Å². The first-order valence-corrected chi connectivity index (χ1v) is 5.12. The van der Waals surface area contributed by atoms with Crippen LogP contribution in [0, 0.1) is 5.82 Å². The van der Waals surface area contributed by atoms with Crippen molar-refractivity contribution < 1.29 is 14.3 Å². The van der Waals surface area contributed by atoms with E-state index in [0.29, 0.717) is 4.47 Å². The molecule has 0 aliphatic rings. The van der Waals surface area contributed by atoms with Crippen LogP contribution in [0.3, 0.4) is 0 Å². The van der Waals surface area contributed by atoms with Gasteiger partial charge in [-0.15, -0.1) is 0 Å². The summed E-state index contributed by atoms with van der Waals surface area (Å²) in [6.45, 7) is 0. The molecule has 0 spiro atoms. The Morgan fingerprint density at radius 3 is 2.81 bits per heavy atom. The summed E-state index contributed by atoms with van der Waals surface area (Å²) < 4.78 is 15.1. The van der Waals surface area contributed by atoms with Crippen molar-refractivity contribution in [3.63, 3.8) is 0 Å². The zero-order chi connectivity index (χ0) is 11.7. The van der Waals surface area contributed by atoms with E-state index < -0.39 is 11.8 Å². The Hall–Kier alpha value is -1.69. The minimum absolute atomic E-state index is 0.126. The van der Waals surface area contributed by atoms with Gasteiger partial charge in [0.1, 0.15) is 5.69 Å². The summed E-state index contributed by atoms with van der Waals surface area (Å²) in [4.78, 5) is 10.6. The number of aromatic nitrogens is 2. The van der Waals surface area contributed by atoms with Gasteiger partial charge in [-0.05, 0) is 34.1 Å². The number of carboxylic acid groups (broad SMARTS) is 1. The summed E-state index contributed by atoms with van der Waals surface area (Å²) in [5.41, 5.74) is 0.0706. The van der Waals surface area contributed by atoms with Gasteiger partial charge in [0.15, 0.2) is 11.5 Å². The van der Waals surface area contributed by atoms with Crippen LogP contribution in [-0.2, 0) is 0 Å². The van der Waals surface area contributed by atoms with Crippen molar-refractivity contribution >= 4 is 21.9 Å². The average Bonchev–Trinajstić information content (AvgIpc) is 2.71. The van der Waals surface area contributed by atoms with Gasteiger partial charge in [-0.1, -0.05) is 6.07 Å². The summed E-state index contributed by atoms with van der Waals surface area (Å²) in [6, 6.07) is 6.02. The van der Waals surface area contributed by atoms with E-state index >= 15 is 0 Å². The second-order valence-electron chi connectivity index (χ2n) is 3.02. The zero-order valence-corrected chi connectivity index (χ0v) is 9.48. The van der Waals surface area contributed by atoms with Crippen molar-refractivity contribution in [1.29, 1.82) is 0 Å². The molecule has 4 nitrogen and oxygen atoms in total. The van der Waals surface area contributed by atoms with E-state index in [1.807, 2.05) is 0 Å². The fraction of sp³-hybridized carbons (Fsp3) is 0. The molecule has 0 fully saturated rings. The van der Waals surface area contributed by atoms with Crippen LogP contribution in [0.1, 0.15) is 10.5 Å². The zero-order valence-electron chi connectivity index (χ0n) is 7.89. The number of carboxylic acids is 1. The van der Waals surface area contributed by atoms with Crippen LogP contribution in [0.5, 0.6) is 0 Å². The quantitative estimate of drug-likeness (QED) is 0.922. The molecule has 0 saturated carbocycles. The maximum Gasteiger partial charge on any atom is 0.356 e. The molecule has 2 aromatic rings. The summed E-state index contributed by atoms with van der Waals surface area (Å²) in [7, 11) is 0. The first kappa shape index (κ1) is 10.8. The van der Waals surface area contributed by atoms with E-state index in [1.165, 1.54) is 23.0 Å². The highest BCUT2D eigenvalue weighted by Gasteiger charge is 2.11. The van der Waals surface area contributed by atoms with Gasteiger partial charge in [0.2, 0.25) is 0 Å². The Morgan fingerprint density at radius 1 is 1.44 bits per heavy atom. The third kappa shape index (κ3) is 1.83. The Morgan fingerprint density at radius 2 is 2.19 bits per heavy atom. The molecule has 82 valence electrons. The van der Waals surface area contributed by atoms with E-state index in [9.17, 15) is 9.18 Å². The summed E-state index contributed by atoms with van der Waals surface area (Å²) in [6.07, 6.45) is 1.40. The lowest BCUT2D eigenvalue weighted by Gasteiger charge is -2.03. The molecule has 1 N–H and O–H groups in total. The number of nitrogens with zero attached hydrogens (tertiary/aromatic N) is 2. The first-order chi connectivity index (χ1) is 7.59. The lowest BCUT2D eigenvalue weighted by atomic mass is 10.3. The van der Waals surface area contributed by atoms with Crippen LogP contribution in [-0.4, -0.2) is 20.9 Å². The number of hydrogen-bond acceptors (Lipinski definition) is 2. The maximum atomic E-state index is 13.6. The van der Waals surface area contributed by atoms with Gasteiger partial charge < -0.3 is 5.11 Å². The average molecular weight is 285 g/mol. The Labute approximate surface area is 98.4 Å². The second-order valence-corrected chi connectivity index (χ2v) is 3.88. The van der Waals surface area contributed by atoms with Crippen molar-refractivity contribution in [3.8, 4) is 5.69 Å². The van der Waals surface area contributed by atoms with Crippen molar-refractivity contribution in [1.82, 2.24) is 9.78 Å². The number of hydrogen-bond donors (Lipinski definition) is 1. The molecule has 0 unspecified atom stereocenters. The van der Waals surface area contributed by atoms with Gasteiger partial charge >= 0.3 is 5.97 Å². The van der Waals surface area contributed by atoms with E-state index in [1.54, 1.807) is 12.1 Å². The van der Waals surface area contributed by atoms with Crippen LogP contribution in [0.4, 0.5) is 4.39 Å². The van der Waals surface area contributed by atoms with Gasteiger partial charge in [-0.2, -0.15) is 5.10 Å². The van der Waals surface area contributed by atoms with Gasteiger partial charge in [0.05, 0.1) is 4.47 Å². The number of benzene rings is 1. The van der Waals surface area contributed by atoms with Gasteiger partial charge in [0.25, 0.3) is 0 Å². The summed E-state index contributed by atoms with van der Waals surface area (Å²) >= 11 is 3.05. The lowest BCUT2D eigenvalue weighted by molar-refractivity contribution is 0.0690. The molecular weight excluding hydrogens is 279 g/mol. The van der Waals surface area contributed by atoms with Crippen molar-refractivity contribution in [2.24, 2.45) is 0 Å². The third-order valence-corrected chi connectivity index (χ3v) is 2.60. The molecule has 2 rings (SSSR count). The molecule has 1 heterocycles. The molecule has 16 heavy (non-hydrogen) atoms. The first-order valence-electron chi connectivity index (χ1n) is 4.33. The predicted octanol–water partition coefficient (Wildman–Crippen LogP) is 2.47. The highest BCUT2D eigenvalue weighted by atomic mass is 79.9. The van der Waals surface area contributed by atoms with Gasteiger partial charge in [-0.3, -0.25) is 0 Å². The summed E-state index contributed by atoms with van der Waals surface area (Å²) in [5.74, 6) is -1.63. The standard InChI is InChI=1S/C10H6BrFN2O2/c11-6-2-1-3-8(9(6)12)14-5-4-7(13-14)10(15)16/h1-5H,(H,15,16). The molecular formula is C10H6BrFN2O2. The molecule has 1 aromatic heterocycles. The lowest BCUT2D eigenvalue weighted by Crippen LogP contribution is -2.02. The van der Waals surface area contributed by atoms with Gasteiger partial charge in [-0.25, -0.2) is 13.9 Å². The van der Waals surface area contributed by atoms with Crippen LogP contribution < -0.4 is 0 Å². The van der Waals surface area contributed by atoms with Crippen LogP contribution in [0.2, 0.25) is 0 Å². The highest BCUT2D eigenvalue weighted by molar-refractivity contribution is 9.10. The fourth-order valence-electron chi connectivity index (χ4n) is 1.24. The smallest absolute Gasteiger partial charge is 0.356 e. The number of aromatic carboxylic acids is 1. The van der Waals surface area contributed by atoms with E-state index in [4.69, 9.17) is 5.11 Å². The normalized spacial score (nSPS) is 10.4. The molecule has 0 aliphatic heterocycles. The van der Waals surface area contributed by atoms with E-state index in [0.717, 1.165) is 0 Å². The second kappa shape index (κ2) is 4.05. The Bertz CT molecular complexity index is 554. The van der Waals surface area contributed by atoms with Crippen molar-refractivity contribution in [3.05, 3.63) is 46.4 Å². The summed E-state index contributed by atoms with van der Waals surface area (Å²) in [5, 5.41) is 12.4. The van der Waals surface area contributed by atoms with E-state index in [-0.39, 0.29) is 11.4 Å². The monoisotopic (exact) mass is 284 g/mol. The third-order valence-electron chi connectivity index (χ3n) is 1.99. The van der Waals surface area contributed by atoms with E-state index in [2.05, 4.69) is 21.0 Å². The molecule has 0 aliphatic carbocycles. The van der Waals surface area contributed by atoms with Crippen molar-refractivity contribution in [2.75, 3.05) is 0 Å². The number of rotatable bonds is 2.